The van der Waals surface area contributed by atoms with Crippen LogP contribution >= 0.6 is 0 Å². The molecular formula is C31H32N4O6S. The molecule has 2 unspecified atom stereocenters. The Morgan fingerprint density at radius 3 is 2.31 bits per heavy atom. The fourth-order valence-electron chi connectivity index (χ4n) is 4.95. The molecule has 1 aliphatic heterocycles. The first-order valence-electron chi connectivity index (χ1n) is 13.7. The Morgan fingerprint density at radius 1 is 0.952 bits per heavy atom. The van der Waals surface area contributed by atoms with E-state index >= 15 is 0 Å². The molecule has 1 aliphatic rings. The summed E-state index contributed by atoms with van der Waals surface area (Å²) in [6.45, 7) is 0.835. The van der Waals surface area contributed by atoms with E-state index in [-0.39, 0.29) is 29.8 Å². The highest BCUT2D eigenvalue weighted by Crippen LogP contribution is 2.31. The van der Waals surface area contributed by atoms with Gasteiger partial charge in [0, 0.05) is 12.7 Å². The molecule has 0 bridgehead atoms. The molecule has 11 heteroatoms. The summed E-state index contributed by atoms with van der Waals surface area (Å²) in [5, 5.41) is 14.2. The average Bonchev–Trinajstić information content (AvgIpc) is 3.67. The van der Waals surface area contributed by atoms with Crippen molar-refractivity contribution < 1.29 is 27.9 Å². The lowest BCUT2D eigenvalue weighted by atomic mass is 10.1. The van der Waals surface area contributed by atoms with Crippen molar-refractivity contribution in [2.75, 3.05) is 6.54 Å². The highest BCUT2D eigenvalue weighted by atomic mass is 32.2. The van der Waals surface area contributed by atoms with Crippen LogP contribution in [0.5, 0.6) is 5.75 Å². The van der Waals surface area contributed by atoms with Crippen LogP contribution in [0.25, 0.3) is 0 Å². The van der Waals surface area contributed by atoms with E-state index in [4.69, 9.17) is 4.74 Å². The van der Waals surface area contributed by atoms with Crippen LogP contribution < -0.4 is 9.46 Å². The molecule has 2 N–H and O–H groups in total. The molecule has 0 radical (unpaired) electrons. The van der Waals surface area contributed by atoms with Crippen molar-refractivity contribution in [3.63, 3.8) is 0 Å². The lowest BCUT2D eigenvalue weighted by Crippen LogP contribution is -2.43. The molecule has 0 aliphatic carbocycles. The molecule has 1 aromatic heterocycles. The number of ether oxygens (including phenoxy) is 1. The smallest absolute Gasteiger partial charge is 0.323 e. The second-order valence-electron chi connectivity index (χ2n) is 10.1. The van der Waals surface area contributed by atoms with Crippen LogP contribution in [0.15, 0.2) is 102 Å². The second kappa shape index (κ2) is 13.0. The van der Waals surface area contributed by atoms with Crippen molar-refractivity contribution in [2.24, 2.45) is 0 Å². The quantitative estimate of drug-likeness (QED) is 0.257. The number of carboxylic acids is 1. The number of carbonyl (C=O) groups excluding carboxylic acids is 1. The van der Waals surface area contributed by atoms with E-state index in [1.54, 1.807) is 30.5 Å². The van der Waals surface area contributed by atoms with E-state index in [2.05, 4.69) is 9.82 Å². The summed E-state index contributed by atoms with van der Waals surface area (Å²) in [5.41, 5.74) is 2.55. The van der Waals surface area contributed by atoms with E-state index in [0.717, 1.165) is 29.7 Å². The van der Waals surface area contributed by atoms with E-state index in [1.165, 1.54) is 16.8 Å². The zero-order chi connectivity index (χ0) is 29.5. The van der Waals surface area contributed by atoms with Crippen LogP contribution in [0.3, 0.4) is 0 Å². The maximum Gasteiger partial charge on any atom is 0.323 e. The molecule has 1 amide bonds. The molecule has 10 nitrogen and oxygen atoms in total. The monoisotopic (exact) mass is 588 g/mol. The normalized spacial score (nSPS) is 15.8. The number of nitrogens with one attached hydrogen (secondary N) is 1. The van der Waals surface area contributed by atoms with Crippen LogP contribution in [0.2, 0.25) is 0 Å². The summed E-state index contributed by atoms with van der Waals surface area (Å²) in [6.07, 6.45) is 3.42. The van der Waals surface area contributed by atoms with E-state index in [1.807, 2.05) is 59.5 Å². The van der Waals surface area contributed by atoms with Gasteiger partial charge in [0.1, 0.15) is 18.4 Å². The van der Waals surface area contributed by atoms with Crippen molar-refractivity contribution in [2.45, 2.75) is 49.4 Å². The Morgan fingerprint density at radius 2 is 1.62 bits per heavy atom. The molecular weight excluding hydrogens is 556 g/mol. The Kier molecular flexibility index (Phi) is 8.99. The molecule has 0 spiro atoms. The van der Waals surface area contributed by atoms with Gasteiger partial charge < -0.3 is 14.7 Å². The third-order valence-electron chi connectivity index (χ3n) is 7.12. The number of amides is 1. The van der Waals surface area contributed by atoms with E-state index in [0.29, 0.717) is 18.8 Å². The van der Waals surface area contributed by atoms with Crippen LogP contribution in [0.4, 0.5) is 0 Å². The van der Waals surface area contributed by atoms with Crippen molar-refractivity contribution >= 4 is 21.9 Å². The lowest BCUT2D eigenvalue weighted by Gasteiger charge is -2.23. The van der Waals surface area contributed by atoms with Gasteiger partial charge in [-0.1, -0.05) is 60.7 Å². The fourth-order valence-corrected chi connectivity index (χ4v) is 6.15. The SMILES string of the molecule is O=C(O)C(Cn1ccc(C2CCCN2C(=O)Cc2ccc(COc3ccccc3)cc2)n1)NS(=O)(=O)c1ccccc1. The third-order valence-corrected chi connectivity index (χ3v) is 8.61. The number of carboxylic acid groups (broad SMARTS) is 1. The predicted octanol–water partition coefficient (Wildman–Crippen LogP) is 3.80. The number of sulfonamides is 1. The number of likely N-dealkylation sites (tertiary alicyclic amines) is 1. The zero-order valence-corrected chi connectivity index (χ0v) is 23.7. The molecule has 218 valence electrons. The van der Waals surface area contributed by atoms with Crippen LogP contribution in [0.1, 0.15) is 35.7 Å². The summed E-state index contributed by atoms with van der Waals surface area (Å²) in [5.74, 6) is -0.535. The number of rotatable bonds is 12. The Hall–Kier alpha value is -4.48. The third kappa shape index (κ3) is 7.23. The molecule has 5 rings (SSSR count). The lowest BCUT2D eigenvalue weighted by molar-refractivity contribution is -0.139. The van der Waals surface area contributed by atoms with Crippen molar-refractivity contribution in [3.05, 3.63) is 114 Å². The first-order valence-corrected chi connectivity index (χ1v) is 15.2. The van der Waals surface area contributed by atoms with Gasteiger partial charge in [-0.2, -0.15) is 9.82 Å². The molecule has 42 heavy (non-hydrogen) atoms. The van der Waals surface area contributed by atoms with Gasteiger partial charge in [-0.15, -0.1) is 0 Å². The van der Waals surface area contributed by atoms with Gasteiger partial charge >= 0.3 is 5.97 Å². The van der Waals surface area contributed by atoms with Gasteiger partial charge in [0.25, 0.3) is 0 Å². The molecule has 1 fully saturated rings. The first-order chi connectivity index (χ1) is 20.3. The minimum absolute atomic E-state index is 0.0145. The van der Waals surface area contributed by atoms with Gasteiger partial charge in [0.05, 0.1) is 29.6 Å². The standard InChI is InChI=1S/C31H32N4O6S/c36-30(20-23-13-15-24(16-14-23)22-41-25-8-3-1-4-9-25)35-18-7-12-29(35)27-17-19-34(32-27)21-28(31(37)38)33-42(39,40)26-10-5-2-6-11-26/h1-6,8-11,13-17,19,28-29,33H,7,12,18,20-22H2,(H,37,38). The van der Waals surface area contributed by atoms with Gasteiger partial charge in [-0.25, -0.2) is 8.42 Å². The topological polar surface area (TPSA) is 131 Å². The minimum atomic E-state index is -4.03. The Labute approximate surface area is 244 Å². The Bertz CT molecular complexity index is 1610. The predicted molar refractivity (Wildman–Crippen MR) is 155 cm³/mol. The molecule has 1 saturated heterocycles. The van der Waals surface area contributed by atoms with Crippen molar-refractivity contribution in [1.29, 1.82) is 0 Å². The maximum atomic E-state index is 13.3. The number of hydrogen-bond acceptors (Lipinski definition) is 6. The fraction of sp³-hybridized carbons (Fsp3) is 0.258. The summed E-state index contributed by atoms with van der Waals surface area (Å²) < 4.78 is 34.8. The minimum Gasteiger partial charge on any atom is -0.489 e. The summed E-state index contributed by atoms with van der Waals surface area (Å²) in [7, 11) is -4.03. The maximum absolute atomic E-state index is 13.3. The van der Waals surface area contributed by atoms with E-state index < -0.39 is 22.0 Å². The number of para-hydroxylation sites is 1. The molecule has 0 saturated carbocycles. The van der Waals surface area contributed by atoms with E-state index in [9.17, 15) is 23.1 Å². The van der Waals surface area contributed by atoms with Crippen LogP contribution in [-0.4, -0.2) is 52.7 Å². The van der Waals surface area contributed by atoms with Gasteiger partial charge in [-0.3, -0.25) is 14.3 Å². The summed E-state index contributed by atoms with van der Waals surface area (Å²) in [6, 6.07) is 25.1. The number of nitrogens with zero attached hydrogens (tertiary/aromatic N) is 3. The molecule has 4 aromatic rings. The summed E-state index contributed by atoms with van der Waals surface area (Å²) in [4.78, 5) is 26.9. The second-order valence-corrected chi connectivity index (χ2v) is 11.8. The van der Waals surface area contributed by atoms with Crippen LogP contribution in [-0.2, 0) is 39.2 Å². The number of hydrogen-bond donors (Lipinski definition) is 2. The van der Waals surface area contributed by atoms with Crippen molar-refractivity contribution in [1.82, 2.24) is 19.4 Å². The number of aromatic nitrogens is 2. The van der Waals surface area contributed by atoms with Gasteiger partial charge in [-0.05, 0) is 54.3 Å². The number of carbonyl (C=O) groups is 2. The van der Waals surface area contributed by atoms with Crippen molar-refractivity contribution in [3.8, 4) is 5.75 Å². The molecule has 3 aromatic carbocycles. The summed E-state index contributed by atoms with van der Waals surface area (Å²) >= 11 is 0. The van der Waals surface area contributed by atoms with Gasteiger partial charge in [0.15, 0.2) is 0 Å². The molecule has 2 heterocycles. The largest absolute Gasteiger partial charge is 0.489 e. The molecule has 2 atom stereocenters. The number of aliphatic carboxylic acids is 1. The van der Waals surface area contributed by atoms with Crippen LogP contribution in [0, 0.1) is 0 Å². The first kappa shape index (κ1) is 29.0. The zero-order valence-electron chi connectivity index (χ0n) is 22.9. The number of benzene rings is 3. The van der Waals surface area contributed by atoms with Gasteiger partial charge in [0.2, 0.25) is 15.9 Å². The average molecular weight is 589 g/mol. The Balaban J connectivity index is 1.19. The highest BCUT2D eigenvalue weighted by Gasteiger charge is 2.32. The highest BCUT2D eigenvalue weighted by molar-refractivity contribution is 7.89.